The Morgan fingerprint density at radius 2 is 1.41 bits per heavy atom. The maximum absolute atomic E-state index is 13.1. The number of nitrogens with zero attached hydrogens (tertiary/aromatic N) is 2. The van der Waals surface area contributed by atoms with E-state index in [0.29, 0.717) is 24.1 Å². The molecule has 3 aromatic rings. The molecule has 140 valence electrons. The Morgan fingerprint density at radius 1 is 0.852 bits per heavy atom. The van der Waals surface area contributed by atoms with Crippen molar-refractivity contribution in [3.63, 3.8) is 0 Å². The first-order valence-corrected chi connectivity index (χ1v) is 7.50. The van der Waals surface area contributed by atoms with Crippen molar-refractivity contribution in [3.8, 4) is 16.9 Å². The third kappa shape index (κ3) is 3.71. The highest BCUT2D eigenvalue weighted by Gasteiger charge is 2.37. The summed E-state index contributed by atoms with van der Waals surface area (Å²) >= 11 is 0. The van der Waals surface area contributed by atoms with Gasteiger partial charge in [0.1, 0.15) is 0 Å². The Hall–Kier alpha value is -3.10. The number of carbonyl (C=O) groups is 1. The molecule has 3 rings (SSSR count). The maximum atomic E-state index is 13.1. The highest BCUT2D eigenvalue weighted by Crippen LogP contribution is 2.39. The topological polar surface area (TPSA) is 34.9 Å². The molecule has 0 bridgehead atoms. The normalized spacial score (nSPS) is 12.2. The van der Waals surface area contributed by atoms with E-state index in [-0.39, 0.29) is 17.3 Å². The van der Waals surface area contributed by atoms with E-state index in [2.05, 4.69) is 5.10 Å². The Bertz CT molecular complexity index is 942. The van der Waals surface area contributed by atoms with E-state index in [1.165, 1.54) is 0 Å². The summed E-state index contributed by atoms with van der Waals surface area (Å²) in [5.41, 5.74) is -3.26. The molecule has 0 amide bonds. The Balaban J connectivity index is 2.31. The lowest BCUT2D eigenvalue weighted by Crippen LogP contribution is -2.12. The number of carbonyl (C=O) groups excluding carboxylic acids is 1. The standard InChI is InChI=1S/C18H10F6N2O/c19-17(20,21)13-6-11(7-14(8-13)18(22,23)24)16-12(10-27)9-25-26(16)15-4-2-1-3-5-15/h1-10H. The summed E-state index contributed by atoms with van der Waals surface area (Å²) < 4.78 is 79.9. The number of hydrogen-bond donors (Lipinski definition) is 0. The van der Waals surface area contributed by atoms with E-state index in [0.717, 1.165) is 10.9 Å². The molecule has 0 saturated carbocycles. The first-order chi connectivity index (χ1) is 12.6. The van der Waals surface area contributed by atoms with Gasteiger partial charge >= 0.3 is 12.4 Å². The predicted octanol–water partition coefficient (Wildman–Crippen LogP) is 5.39. The second-order valence-corrected chi connectivity index (χ2v) is 5.61. The molecule has 0 N–H and O–H groups in total. The number of aldehydes is 1. The number of aromatic nitrogens is 2. The number of alkyl halides is 6. The summed E-state index contributed by atoms with van der Waals surface area (Å²) in [6, 6.07) is 9.21. The largest absolute Gasteiger partial charge is 0.416 e. The molecule has 27 heavy (non-hydrogen) atoms. The highest BCUT2D eigenvalue weighted by molar-refractivity contribution is 5.86. The summed E-state index contributed by atoms with van der Waals surface area (Å²) in [5.74, 6) is 0. The minimum atomic E-state index is -4.99. The second kappa shape index (κ2) is 6.57. The molecule has 2 aromatic carbocycles. The number of hydrogen-bond acceptors (Lipinski definition) is 2. The van der Waals surface area contributed by atoms with Gasteiger partial charge in [-0.15, -0.1) is 0 Å². The van der Waals surface area contributed by atoms with Crippen LogP contribution in [0.15, 0.2) is 54.7 Å². The third-order valence-electron chi connectivity index (χ3n) is 3.79. The smallest absolute Gasteiger partial charge is 0.298 e. The number of para-hydroxylation sites is 1. The number of rotatable bonds is 3. The van der Waals surface area contributed by atoms with Crippen molar-refractivity contribution in [2.24, 2.45) is 0 Å². The quantitative estimate of drug-likeness (QED) is 0.448. The van der Waals surface area contributed by atoms with E-state index >= 15 is 0 Å². The molecule has 0 spiro atoms. The number of halogens is 6. The molecule has 0 radical (unpaired) electrons. The maximum Gasteiger partial charge on any atom is 0.416 e. The Kier molecular flexibility index (Phi) is 4.54. The average molecular weight is 384 g/mol. The Labute approximate surface area is 148 Å². The van der Waals surface area contributed by atoms with E-state index in [9.17, 15) is 31.1 Å². The summed E-state index contributed by atoms with van der Waals surface area (Å²) in [4.78, 5) is 11.3. The van der Waals surface area contributed by atoms with Crippen molar-refractivity contribution in [1.29, 1.82) is 0 Å². The average Bonchev–Trinajstić information content (AvgIpc) is 3.04. The molecule has 1 heterocycles. The van der Waals surface area contributed by atoms with Crippen LogP contribution in [0.3, 0.4) is 0 Å². The van der Waals surface area contributed by atoms with Crippen LogP contribution in [-0.2, 0) is 12.4 Å². The number of benzene rings is 2. The van der Waals surface area contributed by atoms with Gasteiger partial charge in [-0.1, -0.05) is 18.2 Å². The van der Waals surface area contributed by atoms with Gasteiger partial charge < -0.3 is 0 Å². The molecule has 0 aliphatic carbocycles. The summed E-state index contributed by atoms with van der Waals surface area (Å²) in [6.07, 6.45) is -8.57. The predicted molar refractivity (Wildman–Crippen MR) is 84.4 cm³/mol. The van der Waals surface area contributed by atoms with Gasteiger partial charge in [0.2, 0.25) is 0 Å². The van der Waals surface area contributed by atoms with Gasteiger partial charge in [-0.25, -0.2) is 4.68 Å². The minimum Gasteiger partial charge on any atom is -0.298 e. The molecule has 1 aromatic heterocycles. The van der Waals surface area contributed by atoms with Gasteiger partial charge in [0.15, 0.2) is 6.29 Å². The molecular weight excluding hydrogens is 374 g/mol. The van der Waals surface area contributed by atoms with Crippen LogP contribution in [0.1, 0.15) is 21.5 Å². The van der Waals surface area contributed by atoms with Gasteiger partial charge in [0, 0.05) is 5.56 Å². The molecule has 0 fully saturated rings. The summed E-state index contributed by atoms with van der Waals surface area (Å²) in [5, 5.41) is 3.94. The molecule has 0 aliphatic rings. The first-order valence-electron chi connectivity index (χ1n) is 7.50. The van der Waals surface area contributed by atoms with Gasteiger partial charge in [-0.3, -0.25) is 4.79 Å². The van der Waals surface area contributed by atoms with Crippen LogP contribution in [0.4, 0.5) is 26.3 Å². The van der Waals surface area contributed by atoms with Crippen molar-refractivity contribution in [1.82, 2.24) is 9.78 Å². The van der Waals surface area contributed by atoms with Crippen molar-refractivity contribution in [2.75, 3.05) is 0 Å². The fourth-order valence-corrected chi connectivity index (χ4v) is 2.59. The van der Waals surface area contributed by atoms with E-state index in [4.69, 9.17) is 0 Å². The van der Waals surface area contributed by atoms with E-state index in [1.807, 2.05) is 0 Å². The fraction of sp³-hybridized carbons (Fsp3) is 0.111. The summed E-state index contributed by atoms with van der Waals surface area (Å²) in [6.45, 7) is 0. The van der Waals surface area contributed by atoms with Crippen LogP contribution in [0.25, 0.3) is 16.9 Å². The molecule has 0 atom stereocenters. The van der Waals surface area contributed by atoms with Gasteiger partial charge in [-0.05, 0) is 30.3 Å². The second-order valence-electron chi connectivity index (χ2n) is 5.61. The highest BCUT2D eigenvalue weighted by atomic mass is 19.4. The molecule has 0 saturated heterocycles. The van der Waals surface area contributed by atoms with Crippen molar-refractivity contribution in [2.45, 2.75) is 12.4 Å². The first kappa shape index (κ1) is 18.7. The van der Waals surface area contributed by atoms with Crippen LogP contribution in [-0.4, -0.2) is 16.1 Å². The zero-order valence-corrected chi connectivity index (χ0v) is 13.3. The lowest BCUT2D eigenvalue weighted by atomic mass is 10.0. The fourth-order valence-electron chi connectivity index (χ4n) is 2.59. The monoisotopic (exact) mass is 384 g/mol. The SMILES string of the molecule is O=Cc1cnn(-c2ccccc2)c1-c1cc(C(F)(F)F)cc(C(F)(F)F)c1. The van der Waals surface area contributed by atoms with Crippen molar-refractivity contribution in [3.05, 3.63) is 71.4 Å². The van der Waals surface area contributed by atoms with Gasteiger partial charge in [0.25, 0.3) is 0 Å². The third-order valence-corrected chi connectivity index (χ3v) is 3.79. The van der Waals surface area contributed by atoms with E-state index < -0.39 is 29.0 Å². The molecular formula is C18H10F6N2O. The lowest BCUT2D eigenvalue weighted by molar-refractivity contribution is -0.143. The minimum absolute atomic E-state index is 0.0350. The van der Waals surface area contributed by atoms with Crippen LogP contribution in [0, 0.1) is 0 Å². The lowest BCUT2D eigenvalue weighted by Gasteiger charge is -2.15. The zero-order valence-electron chi connectivity index (χ0n) is 13.3. The Morgan fingerprint density at radius 3 is 1.89 bits per heavy atom. The van der Waals surface area contributed by atoms with Crippen molar-refractivity contribution >= 4 is 6.29 Å². The van der Waals surface area contributed by atoms with E-state index in [1.54, 1.807) is 30.3 Å². The van der Waals surface area contributed by atoms with Gasteiger partial charge in [-0.2, -0.15) is 31.4 Å². The molecule has 9 heteroatoms. The van der Waals surface area contributed by atoms with Crippen LogP contribution >= 0.6 is 0 Å². The zero-order chi connectivity index (χ0) is 19.8. The van der Waals surface area contributed by atoms with Gasteiger partial charge in [0.05, 0.1) is 34.3 Å². The summed E-state index contributed by atoms with van der Waals surface area (Å²) in [7, 11) is 0. The molecule has 3 nitrogen and oxygen atoms in total. The van der Waals surface area contributed by atoms with Crippen LogP contribution in [0.2, 0.25) is 0 Å². The molecule has 0 aliphatic heterocycles. The van der Waals surface area contributed by atoms with Crippen molar-refractivity contribution < 1.29 is 31.1 Å². The van der Waals surface area contributed by atoms with Crippen LogP contribution < -0.4 is 0 Å². The van der Waals surface area contributed by atoms with Crippen LogP contribution in [0.5, 0.6) is 0 Å². The molecule has 0 unspecified atom stereocenters.